The second kappa shape index (κ2) is 3.51. The van der Waals surface area contributed by atoms with E-state index in [1.165, 1.54) is 0 Å². The topological polar surface area (TPSA) is 26.3 Å². The van der Waals surface area contributed by atoms with E-state index in [2.05, 4.69) is 31.9 Å². The van der Waals surface area contributed by atoms with Crippen molar-refractivity contribution in [2.24, 2.45) is 0 Å². The van der Waals surface area contributed by atoms with E-state index in [1.807, 2.05) is 12.1 Å². The summed E-state index contributed by atoms with van der Waals surface area (Å²) in [4.78, 5) is 11.7. The van der Waals surface area contributed by atoms with Gasteiger partial charge in [0.15, 0.2) is 0 Å². The van der Waals surface area contributed by atoms with Crippen LogP contribution in [0.25, 0.3) is 4.48 Å². The first-order valence-electron chi connectivity index (χ1n) is 3.93. The molecule has 4 heteroatoms. The first-order chi connectivity index (χ1) is 6.65. The standard InChI is InChI=1S/C10H6Br2O2/c1-14-5-2-3-6-7(4-5)10(13)9(12)8(6)11/h2-4H,1H3. The van der Waals surface area contributed by atoms with Crippen LogP contribution in [0.2, 0.25) is 0 Å². The highest BCUT2D eigenvalue weighted by atomic mass is 79.9. The van der Waals surface area contributed by atoms with Gasteiger partial charge in [-0.1, -0.05) is 0 Å². The lowest BCUT2D eigenvalue weighted by Gasteiger charge is -2.02. The SMILES string of the molecule is COc1ccc2c(c1)C(=O)C(Br)=C2Br. The van der Waals surface area contributed by atoms with E-state index in [1.54, 1.807) is 13.2 Å². The molecule has 0 aromatic heterocycles. The Hall–Kier alpha value is -0.610. The maximum Gasteiger partial charge on any atom is 0.201 e. The Labute approximate surface area is 98.2 Å². The lowest BCUT2D eigenvalue weighted by Crippen LogP contribution is -1.95. The number of allylic oxidation sites excluding steroid dienone is 1. The Morgan fingerprint density at radius 2 is 1.86 bits per heavy atom. The van der Waals surface area contributed by atoms with Gasteiger partial charge in [-0.15, -0.1) is 0 Å². The summed E-state index contributed by atoms with van der Waals surface area (Å²) >= 11 is 6.60. The van der Waals surface area contributed by atoms with Crippen molar-refractivity contribution in [3.8, 4) is 5.75 Å². The van der Waals surface area contributed by atoms with Crippen molar-refractivity contribution in [2.75, 3.05) is 7.11 Å². The number of carbonyl (C=O) groups is 1. The molecule has 0 saturated heterocycles. The second-order valence-electron chi connectivity index (χ2n) is 2.87. The molecule has 1 aromatic carbocycles. The maximum atomic E-state index is 11.7. The molecule has 0 saturated carbocycles. The molecule has 1 aliphatic rings. The van der Waals surface area contributed by atoms with Crippen LogP contribution in [-0.2, 0) is 0 Å². The number of methoxy groups -OCH3 is 1. The number of ether oxygens (including phenoxy) is 1. The van der Waals surface area contributed by atoms with E-state index in [-0.39, 0.29) is 5.78 Å². The first kappa shape index (κ1) is 9.93. The van der Waals surface area contributed by atoms with Crippen molar-refractivity contribution in [3.05, 3.63) is 33.8 Å². The largest absolute Gasteiger partial charge is 0.497 e. The van der Waals surface area contributed by atoms with Crippen molar-refractivity contribution in [1.29, 1.82) is 0 Å². The van der Waals surface area contributed by atoms with Crippen molar-refractivity contribution < 1.29 is 9.53 Å². The first-order valence-corrected chi connectivity index (χ1v) is 5.52. The van der Waals surface area contributed by atoms with Crippen LogP contribution in [0, 0.1) is 0 Å². The molecule has 72 valence electrons. The summed E-state index contributed by atoms with van der Waals surface area (Å²) in [6, 6.07) is 5.44. The van der Waals surface area contributed by atoms with E-state index in [0.717, 1.165) is 10.0 Å². The van der Waals surface area contributed by atoms with Crippen molar-refractivity contribution in [1.82, 2.24) is 0 Å². The Bertz CT molecular complexity index is 449. The molecule has 0 unspecified atom stereocenters. The van der Waals surface area contributed by atoms with E-state index < -0.39 is 0 Å². The number of Topliss-reactive ketones (excluding diaryl/α,β-unsaturated/α-hetero) is 1. The minimum Gasteiger partial charge on any atom is -0.497 e. The highest BCUT2D eigenvalue weighted by Gasteiger charge is 2.26. The summed E-state index contributed by atoms with van der Waals surface area (Å²) in [6.45, 7) is 0. The van der Waals surface area contributed by atoms with Gasteiger partial charge in [0, 0.05) is 15.6 Å². The maximum absolute atomic E-state index is 11.7. The number of carbonyl (C=O) groups excluding carboxylic acids is 1. The number of hydrogen-bond acceptors (Lipinski definition) is 2. The summed E-state index contributed by atoms with van der Waals surface area (Å²) in [5.74, 6) is 0.686. The van der Waals surface area contributed by atoms with Gasteiger partial charge < -0.3 is 4.74 Å². The fourth-order valence-electron chi connectivity index (χ4n) is 1.37. The third-order valence-electron chi connectivity index (χ3n) is 2.10. The van der Waals surface area contributed by atoms with Crippen LogP contribution in [0.15, 0.2) is 22.7 Å². The van der Waals surface area contributed by atoms with E-state index >= 15 is 0 Å². The number of rotatable bonds is 1. The smallest absolute Gasteiger partial charge is 0.201 e. The van der Waals surface area contributed by atoms with Crippen LogP contribution >= 0.6 is 31.9 Å². The van der Waals surface area contributed by atoms with Crippen LogP contribution < -0.4 is 4.74 Å². The summed E-state index contributed by atoms with van der Waals surface area (Å²) < 4.78 is 6.43. The quantitative estimate of drug-likeness (QED) is 0.794. The van der Waals surface area contributed by atoms with Gasteiger partial charge in [0.2, 0.25) is 5.78 Å². The molecule has 2 rings (SSSR count). The Kier molecular flexibility index (Phi) is 2.49. The molecule has 0 aliphatic heterocycles. The van der Waals surface area contributed by atoms with Gasteiger partial charge in [0.1, 0.15) is 5.75 Å². The number of benzene rings is 1. The van der Waals surface area contributed by atoms with Gasteiger partial charge in [-0.25, -0.2) is 0 Å². The minimum absolute atomic E-state index is 0.00854. The van der Waals surface area contributed by atoms with Gasteiger partial charge in [-0.2, -0.15) is 0 Å². The highest BCUT2D eigenvalue weighted by molar-refractivity contribution is 9.16. The van der Waals surface area contributed by atoms with Crippen molar-refractivity contribution >= 4 is 42.1 Å². The highest BCUT2D eigenvalue weighted by Crippen LogP contribution is 2.40. The van der Waals surface area contributed by atoms with Gasteiger partial charge in [-0.3, -0.25) is 4.79 Å². The van der Waals surface area contributed by atoms with Crippen LogP contribution in [-0.4, -0.2) is 12.9 Å². The molecule has 0 bridgehead atoms. The molecule has 1 aromatic rings. The predicted octanol–water partition coefficient (Wildman–Crippen LogP) is 3.35. The molecule has 0 atom stereocenters. The fourth-order valence-corrected chi connectivity index (χ4v) is 2.32. The van der Waals surface area contributed by atoms with Crippen LogP contribution in [0.5, 0.6) is 5.75 Å². The zero-order valence-electron chi connectivity index (χ0n) is 7.30. The van der Waals surface area contributed by atoms with Crippen LogP contribution in [0.4, 0.5) is 0 Å². The molecule has 0 amide bonds. The van der Waals surface area contributed by atoms with Gasteiger partial charge in [0.25, 0.3) is 0 Å². The average molecular weight is 318 g/mol. The molecule has 0 radical (unpaired) electrons. The molecule has 2 nitrogen and oxygen atoms in total. The number of fused-ring (bicyclic) bond motifs is 1. The third-order valence-corrected chi connectivity index (χ3v) is 4.21. The lowest BCUT2D eigenvalue weighted by atomic mass is 10.1. The number of halogens is 2. The van der Waals surface area contributed by atoms with E-state index in [0.29, 0.717) is 15.8 Å². The van der Waals surface area contributed by atoms with Gasteiger partial charge >= 0.3 is 0 Å². The van der Waals surface area contributed by atoms with Crippen LogP contribution in [0.1, 0.15) is 15.9 Å². The number of hydrogen-bond donors (Lipinski definition) is 0. The molecule has 1 aliphatic carbocycles. The average Bonchev–Trinajstić information content (AvgIpc) is 2.44. The predicted molar refractivity (Wildman–Crippen MR) is 62.1 cm³/mol. The summed E-state index contributed by atoms with van der Waals surface area (Å²) in [6.07, 6.45) is 0. The summed E-state index contributed by atoms with van der Waals surface area (Å²) in [7, 11) is 1.58. The summed E-state index contributed by atoms with van der Waals surface area (Å²) in [5, 5.41) is 0. The monoisotopic (exact) mass is 316 g/mol. The normalized spacial score (nSPS) is 14.6. The van der Waals surface area contributed by atoms with E-state index in [9.17, 15) is 4.79 Å². The number of ketones is 1. The lowest BCUT2D eigenvalue weighted by molar-refractivity contribution is 0.104. The van der Waals surface area contributed by atoms with Crippen LogP contribution in [0.3, 0.4) is 0 Å². The zero-order chi connectivity index (χ0) is 10.3. The Morgan fingerprint density at radius 3 is 2.50 bits per heavy atom. The minimum atomic E-state index is -0.00854. The molecule has 0 heterocycles. The van der Waals surface area contributed by atoms with Gasteiger partial charge in [0.05, 0.1) is 11.6 Å². The van der Waals surface area contributed by atoms with Gasteiger partial charge in [-0.05, 0) is 50.1 Å². The molecule has 0 spiro atoms. The van der Waals surface area contributed by atoms with Crippen molar-refractivity contribution in [2.45, 2.75) is 0 Å². The Balaban J connectivity index is 2.61. The molecular formula is C10H6Br2O2. The fraction of sp³-hybridized carbons (Fsp3) is 0.100. The molecular weight excluding hydrogens is 312 g/mol. The molecule has 0 N–H and O–H groups in total. The molecule has 0 fully saturated rings. The Morgan fingerprint density at radius 1 is 1.14 bits per heavy atom. The zero-order valence-corrected chi connectivity index (χ0v) is 10.5. The van der Waals surface area contributed by atoms with E-state index in [4.69, 9.17) is 4.74 Å². The third kappa shape index (κ3) is 1.33. The van der Waals surface area contributed by atoms with Crippen molar-refractivity contribution in [3.63, 3.8) is 0 Å². The second-order valence-corrected chi connectivity index (χ2v) is 4.45. The summed E-state index contributed by atoms with van der Waals surface area (Å²) in [5.41, 5.74) is 1.57. The molecule has 14 heavy (non-hydrogen) atoms.